The lowest BCUT2D eigenvalue weighted by Gasteiger charge is -2.35. The Balaban J connectivity index is 1.41. The van der Waals surface area contributed by atoms with E-state index in [4.69, 9.17) is 14.2 Å². The monoisotopic (exact) mass is 655 g/mol. The Morgan fingerprint density at radius 2 is 1.83 bits per heavy atom. The number of alkyl halides is 2. The highest BCUT2D eigenvalue weighted by molar-refractivity contribution is 5.94. The number of Topliss-reactive ketones (excluding diaryl/α,β-unsaturated/α-hetero) is 1. The first kappa shape index (κ1) is 33.4. The summed E-state index contributed by atoms with van der Waals surface area (Å²) >= 11 is 0. The molecule has 4 aliphatic rings. The standard InChI is InChI=1S/C36H47F2N3O6/c1-19(2)30(42)29-20(3)28-18-41(29)33(43)31(35(4,5)6)40-34(44)47-27-16-22(27)9-7-8-14-36(37,38)25-15-21-10-11-24(45-23-12-13-23)17-26(21)39-32(25)46-28/h10-11,15,17,19-20,22-23,27-29,31H,7-9,12-14,16,18H2,1-6H3,(H,40,44)/t20-,22-,27-,28+,29+,31-/m1/s1. The van der Waals surface area contributed by atoms with Crippen LogP contribution in [0.15, 0.2) is 24.3 Å². The maximum absolute atomic E-state index is 16.1. The smallest absolute Gasteiger partial charge is 0.408 e. The van der Waals surface area contributed by atoms with Gasteiger partial charge in [0, 0.05) is 29.7 Å². The van der Waals surface area contributed by atoms with Gasteiger partial charge in [-0.2, -0.15) is 0 Å². The van der Waals surface area contributed by atoms with E-state index in [-0.39, 0.29) is 48.3 Å². The molecule has 3 fully saturated rings. The summed E-state index contributed by atoms with van der Waals surface area (Å²) in [5, 5.41) is 3.34. The second kappa shape index (κ2) is 12.5. The van der Waals surface area contributed by atoms with Crippen molar-refractivity contribution in [2.75, 3.05) is 6.54 Å². The second-order valence-electron chi connectivity index (χ2n) is 15.4. The van der Waals surface area contributed by atoms with Crippen LogP contribution in [-0.2, 0) is 20.2 Å². The number of rotatable bonds is 4. The molecule has 9 nitrogen and oxygen atoms in total. The average Bonchev–Trinajstić information content (AvgIpc) is 3.92. The van der Waals surface area contributed by atoms with Crippen molar-refractivity contribution in [3.05, 3.63) is 29.8 Å². The number of hydrogen-bond acceptors (Lipinski definition) is 7. The van der Waals surface area contributed by atoms with Crippen LogP contribution in [0, 0.1) is 23.2 Å². The van der Waals surface area contributed by atoms with Crippen molar-refractivity contribution >= 4 is 28.7 Å². The van der Waals surface area contributed by atoms with Gasteiger partial charge >= 0.3 is 6.09 Å². The Hall–Kier alpha value is -3.50. The number of carbonyl (C=O) groups is 3. The van der Waals surface area contributed by atoms with Crippen molar-refractivity contribution in [3.63, 3.8) is 0 Å². The molecule has 0 spiro atoms. The molecule has 0 radical (unpaired) electrons. The van der Waals surface area contributed by atoms with Crippen LogP contribution in [0.5, 0.6) is 11.6 Å². The summed E-state index contributed by atoms with van der Waals surface area (Å²) in [4.78, 5) is 47.1. The summed E-state index contributed by atoms with van der Waals surface area (Å²) < 4.78 is 50.3. The van der Waals surface area contributed by atoms with Gasteiger partial charge in [-0.25, -0.2) is 18.6 Å². The van der Waals surface area contributed by atoms with Crippen molar-refractivity contribution < 1.29 is 37.4 Å². The Kier molecular flexibility index (Phi) is 8.89. The molecule has 1 saturated heterocycles. The molecule has 256 valence electrons. The van der Waals surface area contributed by atoms with Gasteiger partial charge in [0.05, 0.1) is 29.8 Å². The van der Waals surface area contributed by atoms with Crippen molar-refractivity contribution in [3.8, 4) is 11.6 Å². The summed E-state index contributed by atoms with van der Waals surface area (Å²) in [6.45, 7) is 10.8. The molecular formula is C36H47F2N3O6. The van der Waals surface area contributed by atoms with E-state index in [2.05, 4.69) is 10.3 Å². The van der Waals surface area contributed by atoms with Crippen LogP contribution >= 0.6 is 0 Å². The summed E-state index contributed by atoms with van der Waals surface area (Å²) in [5.41, 5.74) is -0.565. The third kappa shape index (κ3) is 7.18. The van der Waals surface area contributed by atoms with Crippen LogP contribution in [0.25, 0.3) is 10.9 Å². The van der Waals surface area contributed by atoms with Gasteiger partial charge in [-0.05, 0) is 61.6 Å². The Labute approximate surface area is 275 Å². The van der Waals surface area contributed by atoms with Crippen LogP contribution < -0.4 is 14.8 Å². The SMILES string of the molecule is CC(C)C(=O)[C@@H]1[C@H](C)[C@@H]2CN1C(=O)[C@H](C(C)(C)C)NC(=O)O[C@@H]1C[C@H]1CCCCC(F)(F)c1cc3ccc(OC4CC4)cc3nc1O2. The lowest BCUT2D eigenvalue weighted by molar-refractivity contribution is -0.143. The van der Waals surface area contributed by atoms with Crippen molar-refractivity contribution in [2.45, 2.75) is 123 Å². The first-order valence-corrected chi connectivity index (χ1v) is 17.1. The predicted molar refractivity (Wildman–Crippen MR) is 171 cm³/mol. The highest BCUT2D eigenvalue weighted by Gasteiger charge is 2.51. The van der Waals surface area contributed by atoms with Crippen LogP contribution in [0.1, 0.15) is 92.1 Å². The number of fused-ring (bicyclic) bond motifs is 5. The van der Waals surface area contributed by atoms with E-state index >= 15 is 8.78 Å². The molecule has 1 N–H and O–H groups in total. The van der Waals surface area contributed by atoms with Gasteiger partial charge in [-0.15, -0.1) is 0 Å². The molecule has 47 heavy (non-hydrogen) atoms. The first-order chi connectivity index (χ1) is 22.1. The van der Waals surface area contributed by atoms with Gasteiger partial charge in [0.15, 0.2) is 5.78 Å². The zero-order valence-corrected chi connectivity index (χ0v) is 28.2. The molecule has 1 aromatic carbocycles. The van der Waals surface area contributed by atoms with Crippen LogP contribution in [-0.4, -0.2) is 64.6 Å². The van der Waals surface area contributed by atoms with Gasteiger partial charge in [0.25, 0.3) is 5.92 Å². The van der Waals surface area contributed by atoms with Gasteiger partial charge in [0.1, 0.15) is 24.0 Å². The third-order valence-electron chi connectivity index (χ3n) is 9.99. The molecular weight excluding hydrogens is 608 g/mol. The number of pyridine rings is 1. The highest BCUT2D eigenvalue weighted by atomic mass is 19.3. The van der Waals surface area contributed by atoms with Gasteiger partial charge in [-0.3, -0.25) is 9.59 Å². The van der Waals surface area contributed by atoms with E-state index < -0.39 is 59.8 Å². The fraction of sp³-hybridized carbons (Fsp3) is 0.667. The van der Waals surface area contributed by atoms with Crippen molar-refractivity contribution in [1.29, 1.82) is 0 Å². The predicted octanol–water partition coefficient (Wildman–Crippen LogP) is 6.79. The molecule has 2 bridgehead atoms. The number of carbonyl (C=O) groups excluding carboxylic acids is 3. The number of alkyl carbamates (subject to hydrolysis) is 1. The first-order valence-electron chi connectivity index (χ1n) is 17.1. The zero-order valence-electron chi connectivity index (χ0n) is 28.2. The van der Waals surface area contributed by atoms with Crippen molar-refractivity contribution in [1.82, 2.24) is 15.2 Å². The van der Waals surface area contributed by atoms with E-state index in [9.17, 15) is 14.4 Å². The third-order valence-corrected chi connectivity index (χ3v) is 9.99. The minimum absolute atomic E-state index is 0.0350. The summed E-state index contributed by atoms with van der Waals surface area (Å²) in [6.07, 6.45) is 2.04. The maximum atomic E-state index is 16.1. The van der Waals surface area contributed by atoms with Gasteiger partial charge < -0.3 is 24.4 Å². The molecule has 2 saturated carbocycles. The number of nitrogens with one attached hydrogen (secondary N) is 1. The number of hydrogen-bond donors (Lipinski definition) is 1. The van der Waals surface area contributed by atoms with Gasteiger partial charge in [-0.1, -0.05) is 48.0 Å². The number of aromatic nitrogens is 1. The van der Waals surface area contributed by atoms with Crippen LogP contribution in [0.4, 0.5) is 13.6 Å². The largest absolute Gasteiger partial charge is 0.490 e. The molecule has 3 heterocycles. The Morgan fingerprint density at radius 1 is 1.09 bits per heavy atom. The zero-order chi connectivity index (χ0) is 33.8. The van der Waals surface area contributed by atoms with E-state index in [1.165, 1.54) is 11.0 Å². The molecule has 1 aromatic heterocycles. The maximum Gasteiger partial charge on any atom is 0.408 e. The lowest BCUT2D eigenvalue weighted by atomic mass is 9.85. The number of halogens is 2. The number of benzene rings is 1. The van der Waals surface area contributed by atoms with E-state index in [0.717, 1.165) is 12.8 Å². The number of amides is 2. The molecule has 6 rings (SSSR count). The average molecular weight is 656 g/mol. The van der Waals surface area contributed by atoms with E-state index in [1.54, 1.807) is 39.0 Å². The van der Waals surface area contributed by atoms with Crippen LogP contribution in [0.2, 0.25) is 0 Å². The lowest BCUT2D eigenvalue weighted by Crippen LogP contribution is -2.57. The molecule has 2 aliphatic carbocycles. The summed E-state index contributed by atoms with van der Waals surface area (Å²) in [5.74, 6) is -4.29. The minimum atomic E-state index is -3.24. The molecule has 2 aliphatic heterocycles. The topological polar surface area (TPSA) is 107 Å². The molecule has 2 aromatic rings. The molecule has 0 unspecified atom stereocenters. The Morgan fingerprint density at radius 3 is 2.51 bits per heavy atom. The second-order valence-corrected chi connectivity index (χ2v) is 15.4. The number of ketones is 1. The number of ether oxygens (including phenoxy) is 3. The molecule has 6 atom stereocenters. The quantitative estimate of drug-likeness (QED) is 0.387. The van der Waals surface area contributed by atoms with Gasteiger partial charge in [0.2, 0.25) is 11.8 Å². The summed E-state index contributed by atoms with van der Waals surface area (Å²) in [7, 11) is 0. The van der Waals surface area contributed by atoms with Crippen LogP contribution in [0.3, 0.4) is 0 Å². The summed E-state index contributed by atoms with van der Waals surface area (Å²) in [6, 6.07) is 4.83. The number of nitrogens with zero attached hydrogens (tertiary/aromatic N) is 2. The van der Waals surface area contributed by atoms with E-state index in [1.807, 2.05) is 20.8 Å². The van der Waals surface area contributed by atoms with Crippen molar-refractivity contribution in [2.24, 2.45) is 23.2 Å². The normalized spacial score (nSPS) is 29.9. The fourth-order valence-electron chi connectivity index (χ4n) is 6.82. The van der Waals surface area contributed by atoms with E-state index in [0.29, 0.717) is 35.9 Å². The molecule has 2 amide bonds. The minimum Gasteiger partial charge on any atom is -0.490 e. The highest BCUT2D eigenvalue weighted by Crippen LogP contribution is 2.44. The fourth-order valence-corrected chi connectivity index (χ4v) is 6.82. The Bertz CT molecular complexity index is 1540. The molecule has 11 heteroatoms.